The van der Waals surface area contributed by atoms with Crippen molar-refractivity contribution in [2.45, 2.75) is 44.7 Å². The fraction of sp³-hybridized carbons (Fsp3) is 0.348. The summed E-state index contributed by atoms with van der Waals surface area (Å²) < 4.78 is 5.42. The second-order valence-electron chi connectivity index (χ2n) is 7.67. The Morgan fingerprint density at radius 3 is 2.10 bits per heavy atom. The van der Waals surface area contributed by atoms with Crippen LogP contribution in [0.2, 0.25) is 0 Å². The lowest BCUT2D eigenvalue weighted by molar-refractivity contribution is -0.147. The third-order valence-corrected chi connectivity index (χ3v) is 5.65. The van der Waals surface area contributed by atoms with Crippen LogP contribution < -0.4 is 10.6 Å². The van der Waals surface area contributed by atoms with Crippen LogP contribution in [0, 0.1) is 0 Å². The van der Waals surface area contributed by atoms with Crippen LogP contribution in [0.3, 0.4) is 0 Å². The number of carbonyl (C=O) groups excluding carboxylic acids is 2. The molecule has 0 aromatic heterocycles. The third kappa shape index (κ3) is 4.15. The van der Waals surface area contributed by atoms with Crippen LogP contribution in [-0.2, 0) is 14.3 Å². The summed E-state index contributed by atoms with van der Waals surface area (Å²) in [5, 5.41) is 14.2. The standard InChI is InChI=1S/C23H26N2O5/c1-4-23(3,21(27)28)25-20(26)14(2)24-22(29)30-13-19-17-11-7-5-9-15(17)16-10-6-8-12-18(16)19/h5-12,14,19H,4,13H2,1-3H3,(H,24,29)(H,25,26)(H,27,28). The number of amides is 2. The van der Waals surface area contributed by atoms with Gasteiger partial charge in [0.05, 0.1) is 0 Å². The van der Waals surface area contributed by atoms with Crippen LogP contribution >= 0.6 is 0 Å². The van der Waals surface area contributed by atoms with E-state index in [1.807, 2.05) is 48.5 Å². The summed E-state index contributed by atoms with van der Waals surface area (Å²) >= 11 is 0. The van der Waals surface area contributed by atoms with Gasteiger partial charge in [-0.3, -0.25) is 4.79 Å². The van der Waals surface area contributed by atoms with Crippen LogP contribution in [0.1, 0.15) is 44.2 Å². The maximum atomic E-state index is 12.3. The molecule has 7 heteroatoms. The van der Waals surface area contributed by atoms with Crippen LogP contribution in [0.5, 0.6) is 0 Å². The van der Waals surface area contributed by atoms with Gasteiger partial charge in [-0.2, -0.15) is 0 Å². The predicted octanol–water partition coefficient (Wildman–Crippen LogP) is 3.28. The minimum Gasteiger partial charge on any atom is -0.480 e. The Hall–Kier alpha value is -3.35. The topological polar surface area (TPSA) is 105 Å². The van der Waals surface area contributed by atoms with Gasteiger partial charge >= 0.3 is 12.1 Å². The Kier molecular flexibility index (Phi) is 6.10. The number of alkyl carbamates (subject to hydrolysis) is 1. The highest BCUT2D eigenvalue weighted by molar-refractivity contribution is 5.90. The number of ether oxygens (including phenoxy) is 1. The monoisotopic (exact) mass is 410 g/mol. The molecule has 3 rings (SSSR count). The molecule has 2 unspecified atom stereocenters. The lowest BCUT2D eigenvalue weighted by Gasteiger charge is -2.26. The first-order valence-electron chi connectivity index (χ1n) is 9.93. The number of carbonyl (C=O) groups is 3. The molecule has 0 heterocycles. The fourth-order valence-electron chi connectivity index (χ4n) is 3.56. The zero-order chi connectivity index (χ0) is 21.9. The van der Waals surface area contributed by atoms with E-state index in [1.165, 1.54) is 13.8 Å². The molecule has 0 aliphatic heterocycles. The van der Waals surface area contributed by atoms with Gasteiger partial charge < -0.3 is 20.5 Å². The van der Waals surface area contributed by atoms with E-state index in [9.17, 15) is 19.5 Å². The number of aliphatic carboxylic acids is 1. The van der Waals surface area contributed by atoms with Crippen molar-refractivity contribution in [2.75, 3.05) is 6.61 Å². The average molecular weight is 410 g/mol. The number of carboxylic acid groups (broad SMARTS) is 1. The molecule has 1 aliphatic rings. The number of carboxylic acids is 1. The Labute approximate surface area is 175 Å². The van der Waals surface area contributed by atoms with Gasteiger partial charge in [0, 0.05) is 5.92 Å². The van der Waals surface area contributed by atoms with Crippen molar-refractivity contribution in [1.29, 1.82) is 0 Å². The zero-order valence-corrected chi connectivity index (χ0v) is 17.3. The highest BCUT2D eigenvalue weighted by Gasteiger charge is 2.34. The molecule has 0 fully saturated rings. The Bertz CT molecular complexity index is 928. The van der Waals surface area contributed by atoms with Gasteiger partial charge in [0.1, 0.15) is 18.2 Å². The smallest absolute Gasteiger partial charge is 0.407 e. The average Bonchev–Trinajstić information content (AvgIpc) is 3.05. The van der Waals surface area contributed by atoms with E-state index in [0.29, 0.717) is 0 Å². The van der Waals surface area contributed by atoms with E-state index < -0.39 is 29.6 Å². The highest BCUT2D eigenvalue weighted by atomic mass is 16.5. The molecular formula is C23H26N2O5. The van der Waals surface area contributed by atoms with E-state index in [1.54, 1.807) is 6.92 Å². The Morgan fingerprint density at radius 2 is 1.60 bits per heavy atom. The molecule has 1 aliphatic carbocycles. The van der Waals surface area contributed by atoms with Crippen molar-refractivity contribution in [3.05, 3.63) is 59.7 Å². The van der Waals surface area contributed by atoms with Crippen molar-refractivity contribution >= 4 is 18.0 Å². The fourth-order valence-corrected chi connectivity index (χ4v) is 3.56. The quantitative estimate of drug-likeness (QED) is 0.650. The molecule has 0 saturated carbocycles. The summed E-state index contributed by atoms with van der Waals surface area (Å²) in [6.07, 6.45) is -0.515. The lowest BCUT2D eigenvalue weighted by atomic mass is 9.98. The van der Waals surface area contributed by atoms with E-state index >= 15 is 0 Å². The molecule has 0 radical (unpaired) electrons. The summed E-state index contributed by atoms with van der Waals surface area (Å²) in [7, 11) is 0. The normalized spacial score (nSPS) is 15.3. The molecule has 7 nitrogen and oxygen atoms in total. The molecule has 158 valence electrons. The number of nitrogens with one attached hydrogen (secondary N) is 2. The van der Waals surface area contributed by atoms with Gasteiger partial charge in [0.2, 0.25) is 5.91 Å². The molecule has 2 aromatic rings. The van der Waals surface area contributed by atoms with E-state index in [-0.39, 0.29) is 18.9 Å². The van der Waals surface area contributed by atoms with Crippen LogP contribution in [0.4, 0.5) is 4.79 Å². The van der Waals surface area contributed by atoms with Crippen molar-refractivity contribution < 1.29 is 24.2 Å². The van der Waals surface area contributed by atoms with Crippen molar-refractivity contribution in [3.8, 4) is 11.1 Å². The van der Waals surface area contributed by atoms with Crippen molar-refractivity contribution in [1.82, 2.24) is 10.6 Å². The first kappa shape index (κ1) is 21.4. The predicted molar refractivity (Wildman–Crippen MR) is 112 cm³/mol. The minimum absolute atomic E-state index is 0.0809. The first-order valence-corrected chi connectivity index (χ1v) is 9.93. The minimum atomic E-state index is -1.39. The summed E-state index contributed by atoms with van der Waals surface area (Å²) in [6, 6.07) is 15.1. The largest absolute Gasteiger partial charge is 0.480 e. The second-order valence-corrected chi connectivity index (χ2v) is 7.67. The van der Waals surface area contributed by atoms with Crippen LogP contribution in [-0.4, -0.2) is 41.3 Å². The number of hydrogen-bond acceptors (Lipinski definition) is 4. The van der Waals surface area contributed by atoms with Gasteiger partial charge in [-0.05, 0) is 42.5 Å². The summed E-state index contributed by atoms with van der Waals surface area (Å²) in [6.45, 7) is 4.70. The van der Waals surface area contributed by atoms with Gasteiger partial charge in [-0.15, -0.1) is 0 Å². The molecule has 30 heavy (non-hydrogen) atoms. The summed E-state index contributed by atoms with van der Waals surface area (Å²) in [5.41, 5.74) is 3.05. The maximum absolute atomic E-state index is 12.3. The number of benzene rings is 2. The second kappa shape index (κ2) is 8.57. The van der Waals surface area contributed by atoms with Gasteiger partial charge in [0.25, 0.3) is 0 Å². The Morgan fingerprint density at radius 1 is 1.07 bits per heavy atom. The lowest BCUT2D eigenvalue weighted by Crippen LogP contribution is -2.56. The molecule has 2 atom stereocenters. The summed E-state index contributed by atoms with van der Waals surface area (Å²) in [4.78, 5) is 35.9. The van der Waals surface area contributed by atoms with Crippen LogP contribution in [0.25, 0.3) is 11.1 Å². The molecule has 2 aromatic carbocycles. The molecule has 0 saturated heterocycles. The van der Waals surface area contributed by atoms with Gasteiger partial charge in [-0.1, -0.05) is 55.5 Å². The SMILES string of the molecule is CCC(C)(NC(=O)C(C)NC(=O)OCC1c2ccccc2-c2ccccc21)C(=O)O. The Balaban J connectivity index is 1.61. The maximum Gasteiger partial charge on any atom is 0.407 e. The van der Waals surface area contributed by atoms with E-state index in [0.717, 1.165) is 22.3 Å². The van der Waals surface area contributed by atoms with Crippen LogP contribution in [0.15, 0.2) is 48.5 Å². The third-order valence-electron chi connectivity index (χ3n) is 5.65. The van der Waals surface area contributed by atoms with Gasteiger partial charge in [-0.25, -0.2) is 9.59 Å². The number of hydrogen-bond donors (Lipinski definition) is 3. The first-order chi connectivity index (χ1) is 14.3. The van der Waals surface area contributed by atoms with E-state index in [4.69, 9.17) is 4.74 Å². The number of rotatable bonds is 7. The van der Waals surface area contributed by atoms with Gasteiger partial charge in [0.15, 0.2) is 0 Å². The number of fused-ring (bicyclic) bond motifs is 3. The molecular weight excluding hydrogens is 384 g/mol. The molecule has 3 N–H and O–H groups in total. The zero-order valence-electron chi connectivity index (χ0n) is 17.3. The molecule has 0 spiro atoms. The molecule has 0 bridgehead atoms. The van der Waals surface area contributed by atoms with E-state index in [2.05, 4.69) is 10.6 Å². The van der Waals surface area contributed by atoms with Crippen molar-refractivity contribution in [3.63, 3.8) is 0 Å². The molecule has 2 amide bonds. The van der Waals surface area contributed by atoms with Crippen molar-refractivity contribution in [2.24, 2.45) is 0 Å². The summed E-state index contributed by atoms with van der Waals surface area (Å²) in [5.74, 6) is -1.80. The highest BCUT2D eigenvalue weighted by Crippen LogP contribution is 2.44.